The maximum Gasteiger partial charge on any atom is 0.261 e. The highest BCUT2D eigenvalue weighted by molar-refractivity contribution is 9.10. The van der Waals surface area contributed by atoms with E-state index in [-0.39, 0.29) is 170 Å². The molecule has 10 aromatic heterocycles. The molecule has 134 heavy (non-hydrogen) atoms. The van der Waals surface area contributed by atoms with Crippen LogP contribution >= 0.6 is 85.5 Å². The number of amides is 2. The molecule has 0 spiro atoms. The lowest BCUT2D eigenvalue weighted by Crippen LogP contribution is -2.54. The van der Waals surface area contributed by atoms with Gasteiger partial charge < -0.3 is 91.4 Å². The first-order valence-corrected chi connectivity index (χ1v) is 45.3. The predicted molar refractivity (Wildman–Crippen MR) is 523 cm³/mol. The third-order valence-electron chi connectivity index (χ3n) is 23.2. The standard InChI is InChI=1S/C19H24Cl2N6O4.C18H22BrClN6O.C18H22ClN5O2.2C17H20ClN5O2/c1-9(2)6-27-11(28)8-26(17-13(27)16(21)24-19(22)25-17)7-10-12(20)14(29-3)15(30-4)18(23-10)31-5;1-9(2)6-26-13(27)8-25(17-15(26)16(20)23-18(21)24-17)7-12-11(4)14(19)10(3)5-22-12;1-9-7-21-12(10(2)14(9)26-5)8-24-16-11(6-13(25)18(24,3)4)15(19)22-17(20)23-16;2*1-8-6-20-12(9(2)14(8)25-4)7-23-10(3)13(24)5-11-15(18)21-17(19)22-16(11)23/h9H,6-8H2,1-5H3,(H2,22,24,25);5,9H,6-8H2,1-4H3,(H2,21,23,24);7H,6,8H2,1-5H3,(H2,20,22,23);2*6,10H,5,7H2,1-4H3,(H2,19,21,22)/t;;;2*10-/m...10/s1. The number of hydrogen-bond acceptors (Lipinski definition) is 36. The van der Waals surface area contributed by atoms with Gasteiger partial charge in [0, 0.05) is 112 Å². The number of nitrogen functional groups attached to an aromatic ring is 5. The van der Waals surface area contributed by atoms with Crippen molar-refractivity contribution in [1.29, 1.82) is 0 Å². The molecule has 0 fully saturated rings. The molecule has 0 aliphatic carbocycles. The number of nitrogens with zero attached hydrogens (tertiary/aromatic N) is 22. The molecule has 10 aromatic rings. The van der Waals surface area contributed by atoms with Gasteiger partial charge in [-0.2, -0.15) is 34.9 Å². The number of nitrogens with two attached hydrogens (primary N) is 5. The maximum absolute atomic E-state index is 13.0. The van der Waals surface area contributed by atoms with E-state index in [1.807, 2.05) is 137 Å². The van der Waals surface area contributed by atoms with Crippen LogP contribution in [0.2, 0.25) is 30.8 Å². The second kappa shape index (κ2) is 42.8. The number of halogens is 7. The number of fused-ring (bicyclic) bond motifs is 5. The molecule has 45 heteroatoms. The molecule has 10 N–H and O–H groups in total. The molecule has 0 saturated heterocycles. The molecule has 2 atom stereocenters. The van der Waals surface area contributed by atoms with Crippen molar-refractivity contribution in [3.63, 3.8) is 0 Å². The number of hydrogen-bond donors (Lipinski definition) is 5. The van der Waals surface area contributed by atoms with E-state index in [1.54, 1.807) is 54.6 Å². The second-order valence-electron chi connectivity index (χ2n) is 33.7. The molecule has 714 valence electrons. The highest BCUT2D eigenvalue weighted by Crippen LogP contribution is 2.47. The molecular weight excluding hydrogens is 1920 g/mol. The van der Waals surface area contributed by atoms with Gasteiger partial charge in [-0.25, -0.2) is 19.9 Å². The van der Waals surface area contributed by atoms with Crippen LogP contribution in [0.5, 0.6) is 34.6 Å². The normalized spacial score (nSPS) is 15.3. The van der Waals surface area contributed by atoms with E-state index in [9.17, 15) is 24.0 Å². The zero-order valence-corrected chi connectivity index (χ0v) is 84.6. The molecular formula is C89H108BrCl6N27O11. The summed E-state index contributed by atoms with van der Waals surface area (Å²) in [7, 11) is 9.28. The Bertz CT molecular complexity index is 6080. The highest BCUT2D eigenvalue weighted by atomic mass is 79.9. The third-order valence-corrected chi connectivity index (χ3v) is 26.3. The van der Waals surface area contributed by atoms with Crippen LogP contribution in [0.25, 0.3) is 0 Å². The number of Topliss-reactive ketones (excluding diaryl/α,β-unsaturated/α-hetero) is 3. The van der Waals surface area contributed by atoms with E-state index < -0.39 is 5.54 Å². The summed E-state index contributed by atoms with van der Waals surface area (Å²) in [6.07, 6.45) is 7.69. The Kier molecular flexibility index (Phi) is 32.8. The Hall–Kier alpha value is -11.9. The van der Waals surface area contributed by atoms with Crippen molar-refractivity contribution in [3.05, 3.63) is 150 Å². The Labute approximate surface area is 814 Å². The molecule has 0 aromatic carbocycles. The number of anilines is 12. The first kappa shape index (κ1) is 103. The topological polar surface area (TPSA) is 487 Å². The number of rotatable bonds is 20. The Morgan fingerprint density at radius 2 is 0.731 bits per heavy atom. The molecule has 5 aliphatic heterocycles. The van der Waals surface area contributed by atoms with Gasteiger partial charge in [-0.1, -0.05) is 113 Å². The van der Waals surface area contributed by atoms with Gasteiger partial charge in [0.05, 0.1) is 135 Å². The van der Waals surface area contributed by atoms with Gasteiger partial charge in [-0.05, 0) is 106 Å². The fraction of sp³-hybridized carbons (Fsp3) is 0.438. The lowest BCUT2D eigenvalue weighted by Gasteiger charge is -2.42. The van der Waals surface area contributed by atoms with Gasteiger partial charge in [0.1, 0.15) is 66.6 Å². The minimum absolute atomic E-state index is 0.00320. The molecule has 0 radical (unpaired) electrons. The van der Waals surface area contributed by atoms with Crippen molar-refractivity contribution in [2.45, 2.75) is 180 Å². The average Bonchev–Trinajstić information content (AvgIpc) is 0.798. The fourth-order valence-electron chi connectivity index (χ4n) is 16.0. The number of carbonyl (C=O) groups excluding carboxylic acids is 5. The van der Waals surface area contributed by atoms with Gasteiger partial charge in [0.25, 0.3) is 5.88 Å². The van der Waals surface area contributed by atoms with Crippen molar-refractivity contribution in [2.24, 2.45) is 11.8 Å². The largest absolute Gasteiger partial charge is 0.496 e. The summed E-state index contributed by atoms with van der Waals surface area (Å²) in [5.74, 6) is 6.62. The van der Waals surface area contributed by atoms with Gasteiger partial charge in [0.2, 0.25) is 47.3 Å². The van der Waals surface area contributed by atoms with Crippen molar-refractivity contribution >= 4 is 185 Å². The predicted octanol–water partition coefficient (Wildman–Crippen LogP) is 13.4. The average molecular weight is 2020 g/mol. The van der Waals surface area contributed by atoms with Crippen LogP contribution in [0.4, 0.5) is 70.2 Å². The summed E-state index contributed by atoms with van der Waals surface area (Å²) in [6, 6.07) is -0.710. The highest BCUT2D eigenvalue weighted by Gasteiger charge is 2.45. The van der Waals surface area contributed by atoms with Gasteiger partial charge in [0.15, 0.2) is 45.0 Å². The number of aryl methyl sites for hydroxylation is 4. The van der Waals surface area contributed by atoms with E-state index in [0.717, 1.165) is 89.0 Å². The zero-order valence-electron chi connectivity index (χ0n) is 78.5. The Morgan fingerprint density at radius 3 is 1.10 bits per heavy atom. The molecule has 5 aliphatic rings. The number of methoxy groups -OCH3 is 6. The van der Waals surface area contributed by atoms with Gasteiger partial charge in [-0.3, -0.25) is 43.9 Å². The maximum atomic E-state index is 13.0. The number of pyridine rings is 5. The minimum Gasteiger partial charge on any atom is -0.496 e. The van der Waals surface area contributed by atoms with E-state index in [2.05, 4.69) is 90.7 Å². The van der Waals surface area contributed by atoms with Crippen LogP contribution in [0.15, 0.2) is 29.3 Å². The van der Waals surface area contributed by atoms with Crippen molar-refractivity contribution in [2.75, 3.05) is 132 Å². The zero-order chi connectivity index (χ0) is 98.6. The van der Waals surface area contributed by atoms with Crippen LogP contribution < -0.4 is 91.4 Å². The van der Waals surface area contributed by atoms with Gasteiger partial charge >= 0.3 is 0 Å². The number of aromatic nitrogens is 15. The summed E-state index contributed by atoms with van der Waals surface area (Å²) in [6.45, 7) is 34.1. The molecule has 15 heterocycles. The molecule has 0 saturated carbocycles. The molecule has 0 bridgehead atoms. The summed E-state index contributed by atoms with van der Waals surface area (Å²) >= 11 is 41.5. The minimum atomic E-state index is -0.774. The molecule has 38 nitrogen and oxygen atoms in total. The van der Waals surface area contributed by atoms with Crippen molar-refractivity contribution in [1.82, 2.24) is 74.8 Å². The van der Waals surface area contributed by atoms with Gasteiger partial charge in [-0.15, -0.1) is 0 Å². The van der Waals surface area contributed by atoms with Crippen LogP contribution in [0.3, 0.4) is 0 Å². The fourth-order valence-corrected chi connectivity index (χ4v) is 17.9. The monoisotopic (exact) mass is 2020 g/mol. The number of ketones is 3. The summed E-state index contributed by atoms with van der Waals surface area (Å²) in [5.41, 5.74) is 42.4. The van der Waals surface area contributed by atoms with Crippen LogP contribution in [-0.4, -0.2) is 190 Å². The van der Waals surface area contributed by atoms with E-state index >= 15 is 0 Å². The molecule has 0 unspecified atom stereocenters. The molecule has 15 rings (SSSR count). The number of ether oxygens (including phenoxy) is 6. The Balaban J connectivity index is 0.000000162. The van der Waals surface area contributed by atoms with E-state index in [4.69, 9.17) is 127 Å². The first-order valence-electron chi connectivity index (χ1n) is 42.3. The summed E-state index contributed by atoms with van der Waals surface area (Å²) < 4.78 is 33.5. The summed E-state index contributed by atoms with van der Waals surface area (Å²) in [4.78, 5) is 140. The van der Waals surface area contributed by atoms with Crippen LogP contribution in [0.1, 0.15) is 145 Å². The lowest BCUT2D eigenvalue weighted by molar-refractivity contribution is -0.123. The smallest absolute Gasteiger partial charge is 0.261 e. The van der Waals surface area contributed by atoms with Crippen LogP contribution in [-0.2, 0) is 76.0 Å². The van der Waals surface area contributed by atoms with E-state index in [1.165, 1.54) is 21.3 Å². The lowest BCUT2D eigenvalue weighted by atomic mass is 9.87. The quantitative estimate of drug-likeness (QED) is 0.0442. The van der Waals surface area contributed by atoms with Crippen molar-refractivity contribution in [3.8, 4) is 34.6 Å². The van der Waals surface area contributed by atoms with Crippen LogP contribution in [0, 0.1) is 67.2 Å². The third kappa shape index (κ3) is 21.7. The summed E-state index contributed by atoms with van der Waals surface area (Å²) in [5, 5.41) is 1.17. The van der Waals surface area contributed by atoms with E-state index in [0.29, 0.717) is 102 Å². The Morgan fingerprint density at radius 1 is 0.403 bits per heavy atom. The van der Waals surface area contributed by atoms with Crippen molar-refractivity contribution < 1.29 is 52.4 Å². The number of carbonyl (C=O) groups is 5. The second-order valence-corrected chi connectivity index (χ2v) is 36.6. The SMILES string of the molecule is COc1c(C)cnc(CN2c3nc(N)nc(Cl)c3CC(=O)C2(C)C)c1C.COc1c(C)cnc(CN2c3nc(N)nc(Cl)c3CC(=O)[C@@H]2C)c1C.COc1c(C)cnc(CN2c3nc(N)nc(Cl)c3CC(=O)[C@H]2C)c1C.COc1nc(CN2CC(=O)N(CC(C)C)c3c(Cl)nc(N)nc32)c(Cl)c(OC)c1OC.Cc1cnc(CN2CC(=O)N(CC(C)C)c3c(Cl)nc(N)nc32)c(C)c1Br. The first-order chi connectivity index (χ1) is 63.2. The molecule has 2 amide bonds.